The number of allylic oxidation sites excluding steroid dienone is 3. The van der Waals surface area contributed by atoms with Crippen LogP contribution in [0.5, 0.6) is 11.5 Å². The zero-order valence-electron chi connectivity index (χ0n) is 18.6. The van der Waals surface area contributed by atoms with E-state index in [4.69, 9.17) is 14.2 Å². The highest BCUT2D eigenvalue weighted by molar-refractivity contribution is 6.04. The van der Waals surface area contributed by atoms with Crippen molar-refractivity contribution in [2.24, 2.45) is 5.41 Å². The summed E-state index contributed by atoms with van der Waals surface area (Å²) in [5.41, 5.74) is 1.62. The molecule has 1 aromatic carbocycles. The number of rotatable bonds is 5. The Kier molecular flexibility index (Phi) is 5.44. The fourth-order valence-electron chi connectivity index (χ4n) is 4.73. The van der Waals surface area contributed by atoms with Crippen molar-refractivity contribution in [3.05, 3.63) is 50.4 Å². The maximum atomic E-state index is 13.4. The number of carbonyl (C=O) groups is 2. The van der Waals surface area contributed by atoms with Crippen LogP contribution in [0.3, 0.4) is 0 Å². The van der Waals surface area contributed by atoms with Gasteiger partial charge in [-0.3, -0.25) is 14.9 Å². The lowest BCUT2D eigenvalue weighted by atomic mass is 9.68. The first-order valence-electron chi connectivity index (χ1n) is 10.7. The maximum Gasteiger partial charge on any atom is 0.336 e. The van der Waals surface area contributed by atoms with E-state index in [-0.39, 0.29) is 53.6 Å². The highest BCUT2D eigenvalue weighted by atomic mass is 16.7. The molecule has 2 heterocycles. The van der Waals surface area contributed by atoms with Gasteiger partial charge < -0.3 is 19.5 Å². The van der Waals surface area contributed by atoms with Gasteiger partial charge in [0.25, 0.3) is 5.69 Å². The number of nitrogens with one attached hydrogen (secondary N) is 1. The normalized spacial score (nSPS) is 21.2. The summed E-state index contributed by atoms with van der Waals surface area (Å²) in [6.07, 6.45) is 1.33. The number of esters is 1. The first kappa shape index (κ1) is 21.9. The number of hydrogen-bond donors (Lipinski definition) is 1. The third kappa shape index (κ3) is 3.61. The van der Waals surface area contributed by atoms with Crippen LogP contribution >= 0.6 is 0 Å². The number of Topliss-reactive ketones (excluding diaryl/α,β-unsaturated/α-hetero) is 1. The number of ketones is 1. The lowest BCUT2D eigenvalue weighted by Crippen LogP contribution is -2.39. The molecule has 1 aliphatic carbocycles. The minimum absolute atomic E-state index is 0.0516. The predicted molar refractivity (Wildman–Crippen MR) is 114 cm³/mol. The van der Waals surface area contributed by atoms with Gasteiger partial charge in [-0.2, -0.15) is 0 Å². The summed E-state index contributed by atoms with van der Waals surface area (Å²) in [5, 5.41) is 15.3. The van der Waals surface area contributed by atoms with E-state index in [0.29, 0.717) is 35.6 Å². The van der Waals surface area contributed by atoms with Crippen LogP contribution < -0.4 is 14.8 Å². The molecule has 0 amide bonds. The Hall–Kier alpha value is -3.36. The standard InChI is InChI=1S/C23H26N2O7/c1-5-13-21(22(27)30-6-2)19(20-14(24-13)9-23(3,4)10-16(20)26)12-7-17-18(32-11-31-17)8-15(12)25(28)29/h7-8,19,24H,5-6,9-11H2,1-4H3/t19-/m1/s1. The molecule has 1 aromatic rings. The number of dihydropyridines is 1. The van der Waals surface area contributed by atoms with Crippen LogP contribution in [-0.2, 0) is 14.3 Å². The van der Waals surface area contributed by atoms with Crippen molar-refractivity contribution in [1.82, 2.24) is 5.32 Å². The van der Waals surface area contributed by atoms with Gasteiger partial charge in [0, 0.05) is 29.0 Å². The summed E-state index contributed by atoms with van der Waals surface area (Å²) < 4.78 is 16.1. The average Bonchev–Trinajstić information content (AvgIpc) is 3.18. The van der Waals surface area contributed by atoms with E-state index >= 15 is 0 Å². The Morgan fingerprint density at radius 1 is 1.25 bits per heavy atom. The van der Waals surface area contributed by atoms with Gasteiger partial charge in [0.1, 0.15) is 0 Å². The SMILES string of the molecule is CCOC(=O)C1=C(CC)NC2=C(C(=O)CC(C)(C)C2)[C@H]1c1cc2c(cc1[N+](=O)[O-])OCO2. The molecule has 0 bridgehead atoms. The van der Waals surface area contributed by atoms with Crippen molar-refractivity contribution in [2.45, 2.75) is 52.9 Å². The van der Waals surface area contributed by atoms with Gasteiger partial charge in [0.05, 0.1) is 29.1 Å². The fourth-order valence-corrected chi connectivity index (χ4v) is 4.73. The summed E-state index contributed by atoms with van der Waals surface area (Å²) in [6.45, 7) is 7.67. The summed E-state index contributed by atoms with van der Waals surface area (Å²) in [4.78, 5) is 38.0. The first-order chi connectivity index (χ1) is 15.2. The van der Waals surface area contributed by atoms with E-state index in [9.17, 15) is 19.7 Å². The molecule has 3 aliphatic rings. The van der Waals surface area contributed by atoms with E-state index in [1.165, 1.54) is 12.1 Å². The summed E-state index contributed by atoms with van der Waals surface area (Å²) in [5.74, 6) is -1.07. The molecule has 0 aromatic heterocycles. The zero-order valence-corrected chi connectivity index (χ0v) is 18.6. The molecule has 0 spiro atoms. The van der Waals surface area contributed by atoms with Gasteiger partial charge in [0.2, 0.25) is 6.79 Å². The molecule has 9 nitrogen and oxygen atoms in total. The number of hydrogen-bond acceptors (Lipinski definition) is 8. The van der Waals surface area contributed by atoms with E-state index in [1.54, 1.807) is 6.92 Å². The first-order valence-corrected chi connectivity index (χ1v) is 10.7. The van der Waals surface area contributed by atoms with Crippen molar-refractivity contribution in [3.63, 3.8) is 0 Å². The monoisotopic (exact) mass is 442 g/mol. The fraction of sp³-hybridized carbons (Fsp3) is 0.478. The van der Waals surface area contributed by atoms with Crippen molar-refractivity contribution in [1.29, 1.82) is 0 Å². The average molecular weight is 442 g/mol. The highest BCUT2D eigenvalue weighted by Gasteiger charge is 2.46. The number of ether oxygens (including phenoxy) is 3. The minimum atomic E-state index is -0.932. The molecular weight excluding hydrogens is 416 g/mol. The van der Waals surface area contributed by atoms with Gasteiger partial charge in [-0.25, -0.2) is 4.79 Å². The smallest absolute Gasteiger partial charge is 0.336 e. The van der Waals surface area contributed by atoms with Crippen molar-refractivity contribution in [2.75, 3.05) is 13.4 Å². The molecule has 4 rings (SSSR count). The summed E-state index contributed by atoms with van der Waals surface area (Å²) >= 11 is 0. The third-order valence-electron chi connectivity index (χ3n) is 6.00. The number of nitrogens with zero attached hydrogens (tertiary/aromatic N) is 1. The molecule has 1 atom stereocenters. The summed E-state index contributed by atoms with van der Waals surface area (Å²) in [6, 6.07) is 2.81. The molecule has 0 unspecified atom stereocenters. The molecule has 32 heavy (non-hydrogen) atoms. The number of nitro benzene ring substituents is 1. The Bertz CT molecular complexity index is 1080. The minimum Gasteiger partial charge on any atom is -0.463 e. The molecule has 0 saturated heterocycles. The molecule has 9 heteroatoms. The molecular formula is C23H26N2O7. The second-order valence-electron chi connectivity index (χ2n) is 8.88. The quantitative estimate of drug-likeness (QED) is 0.415. The third-order valence-corrected chi connectivity index (χ3v) is 6.00. The van der Waals surface area contributed by atoms with Crippen LogP contribution in [0.1, 0.15) is 58.4 Å². The molecule has 1 N–H and O–H groups in total. The number of fused-ring (bicyclic) bond motifs is 1. The van der Waals surface area contributed by atoms with Gasteiger partial charge in [-0.15, -0.1) is 0 Å². The van der Waals surface area contributed by atoms with Crippen LogP contribution in [0.15, 0.2) is 34.7 Å². The van der Waals surface area contributed by atoms with E-state index < -0.39 is 16.8 Å². The van der Waals surface area contributed by atoms with Crippen molar-refractivity contribution >= 4 is 17.4 Å². The van der Waals surface area contributed by atoms with Gasteiger partial charge in [-0.05, 0) is 31.2 Å². The van der Waals surface area contributed by atoms with Crippen molar-refractivity contribution in [3.8, 4) is 11.5 Å². The van der Waals surface area contributed by atoms with E-state index in [2.05, 4.69) is 5.32 Å². The molecule has 0 radical (unpaired) electrons. The van der Waals surface area contributed by atoms with E-state index in [0.717, 1.165) is 0 Å². The van der Waals surface area contributed by atoms with Gasteiger partial charge >= 0.3 is 5.97 Å². The zero-order chi connectivity index (χ0) is 23.2. The second kappa shape index (κ2) is 7.96. The number of nitro groups is 1. The van der Waals surface area contributed by atoms with Crippen molar-refractivity contribution < 1.29 is 28.7 Å². The maximum absolute atomic E-state index is 13.4. The lowest BCUT2D eigenvalue weighted by Gasteiger charge is -2.39. The molecule has 170 valence electrons. The van der Waals surface area contributed by atoms with Gasteiger partial charge in [-0.1, -0.05) is 20.8 Å². The van der Waals surface area contributed by atoms with Crippen LogP contribution in [0, 0.1) is 15.5 Å². The van der Waals surface area contributed by atoms with Crippen LogP contribution in [-0.4, -0.2) is 30.1 Å². The second-order valence-corrected chi connectivity index (χ2v) is 8.88. The Balaban J connectivity index is 2.00. The summed E-state index contributed by atoms with van der Waals surface area (Å²) in [7, 11) is 0. The van der Waals surface area contributed by atoms with Crippen LogP contribution in [0.25, 0.3) is 0 Å². The molecule has 0 saturated carbocycles. The van der Waals surface area contributed by atoms with E-state index in [1.807, 2.05) is 20.8 Å². The number of carbonyl (C=O) groups excluding carboxylic acids is 2. The van der Waals surface area contributed by atoms with Crippen LogP contribution in [0.4, 0.5) is 5.69 Å². The highest BCUT2D eigenvalue weighted by Crippen LogP contribution is 2.51. The Morgan fingerprint density at radius 3 is 2.56 bits per heavy atom. The Labute approximate surface area is 185 Å². The molecule has 2 aliphatic heterocycles. The predicted octanol–water partition coefficient (Wildman–Crippen LogP) is 3.88. The largest absolute Gasteiger partial charge is 0.463 e. The van der Waals surface area contributed by atoms with Crippen LogP contribution in [0.2, 0.25) is 0 Å². The molecule has 0 fully saturated rings. The topological polar surface area (TPSA) is 117 Å². The Morgan fingerprint density at radius 2 is 1.94 bits per heavy atom. The van der Waals surface area contributed by atoms with Gasteiger partial charge in [0.15, 0.2) is 17.3 Å². The lowest BCUT2D eigenvalue weighted by molar-refractivity contribution is -0.385. The number of benzene rings is 1.